The first kappa shape index (κ1) is 19.7. The maximum atomic E-state index is 13.3. The van der Waals surface area contributed by atoms with E-state index in [9.17, 15) is 4.79 Å². The molecule has 2 aromatic rings. The van der Waals surface area contributed by atoms with Gasteiger partial charge < -0.3 is 15.0 Å². The second-order valence-corrected chi connectivity index (χ2v) is 7.22. The average molecular weight is 387 g/mol. The van der Waals surface area contributed by atoms with Crippen molar-refractivity contribution < 1.29 is 9.53 Å². The van der Waals surface area contributed by atoms with Gasteiger partial charge in [-0.05, 0) is 42.2 Å². The molecule has 2 aliphatic heterocycles. The molecule has 0 radical (unpaired) electrons. The zero-order valence-corrected chi connectivity index (χ0v) is 16.7. The number of hydrogen-bond acceptors (Lipinski definition) is 3. The number of fused-ring (bicyclic) bond motifs is 3. The summed E-state index contributed by atoms with van der Waals surface area (Å²) in [5, 5.41) is 3.49. The minimum Gasteiger partial charge on any atom is -0.492 e. The van der Waals surface area contributed by atoms with Gasteiger partial charge in [-0.3, -0.25) is 4.79 Å². The third-order valence-electron chi connectivity index (χ3n) is 5.63. The van der Waals surface area contributed by atoms with E-state index in [0.29, 0.717) is 19.1 Å². The Bertz CT molecular complexity index is 809. The van der Waals surface area contributed by atoms with Crippen molar-refractivity contribution in [2.45, 2.75) is 32.2 Å². The van der Waals surface area contributed by atoms with Crippen molar-refractivity contribution in [1.82, 2.24) is 10.2 Å². The van der Waals surface area contributed by atoms with Crippen LogP contribution in [0.15, 0.2) is 42.5 Å². The topological polar surface area (TPSA) is 41.6 Å². The highest BCUT2D eigenvalue weighted by molar-refractivity contribution is 5.99. The van der Waals surface area contributed by atoms with Crippen LogP contribution < -0.4 is 10.1 Å². The number of nitrogens with zero attached hydrogens (tertiary/aromatic N) is 1. The molecule has 4 nitrogen and oxygen atoms in total. The molecule has 0 saturated carbocycles. The van der Waals surface area contributed by atoms with Gasteiger partial charge in [-0.25, -0.2) is 0 Å². The number of halogens is 1. The molecule has 0 spiro atoms. The number of amides is 1. The molecule has 0 unspecified atom stereocenters. The summed E-state index contributed by atoms with van der Waals surface area (Å²) in [5.74, 6) is 1.38. The van der Waals surface area contributed by atoms with Crippen LogP contribution in [0, 0.1) is 6.92 Å². The molecule has 2 aliphatic rings. The van der Waals surface area contributed by atoms with Gasteiger partial charge in [0.25, 0.3) is 5.91 Å². The molecule has 2 atom stereocenters. The normalized spacial score (nSPS) is 20.7. The van der Waals surface area contributed by atoms with Crippen molar-refractivity contribution in [2.75, 3.05) is 26.2 Å². The first-order valence-corrected chi connectivity index (χ1v) is 9.52. The number of benzene rings is 2. The van der Waals surface area contributed by atoms with Crippen LogP contribution in [0.4, 0.5) is 0 Å². The third-order valence-corrected chi connectivity index (χ3v) is 5.63. The maximum Gasteiger partial charge on any atom is 0.254 e. The smallest absolute Gasteiger partial charge is 0.254 e. The molecule has 1 saturated heterocycles. The summed E-state index contributed by atoms with van der Waals surface area (Å²) in [6.45, 7) is 7.16. The molecular formula is C22H27ClN2O2. The Morgan fingerprint density at radius 1 is 1.19 bits per heavy atom. The molecule has 5 heteroatoms. The van der Waals surface area contributed by atoms with Gasteiger partial charge in [-0.15, -0.1) is 12.4 Å². The Hall–Kier alpha value is -2.04. The van der Waals surface area contributed by atoms with Gasteiger partial charge in [0, 0.05) is 24.6 Å². The average Bonchev–Trinajstić information content (AvgIpc) is 3.14. The molecule has 27 heavy (non-hydrogen) atoms. The Kier molecular flexibility index (Phi) is 6.08. The lowest BCUT2D eigenvalue weighted by Crippen LogP contribution is -2.50. The molecule has 2 heterocycles. The summed E-state index contributed by atoms with van der Waals surface area (Å²) >= 11 is 0. The Morgan fingerprint density at radius 3 is 2.70 bits per heavy atom. The lowest BCUT2D eigenvalue weighted by Gasteiger charge is -2.39. The van der Waals surface area contributed by atoms with E-state index in [2.05, 4.69) is 31.3 Å². The van der Waals surface area contributed by atoms with E-state index < -0.39 is 0 Å². The fourth-order valence-corrected chi connectivity index (χ4v) is 4.33. The molecule has 1 amide bonds. The lowest BCUT2D eigenvalue weighted by molar-refractivity contribution is 0.0613. The van der Waals surface area contributed by atoms with E-state index >= 15 is 0 Å². The number of nitrogens with one attached hydrogen (secondary N) is 1. The van der Waals surface area contributed by atoms with Crippen LogP contribution in [-0.4, -0.2) is 43.1 Å². The van der Waals surface area contributed by atoms with Crippen molar-refractivity contribution >= 4 is 18.3 Å². The number of hydrogen-bond donors (Lipinski definition) is 1. The number of carbonyl (C=O) groups is 1. The Labute approximate surface area is 167 Å². The van der Waals surface area contributed by atoms with Gasteiger partial charge in [0.05, 0.1) is 12.6 Å². The van der Waals surface area contributed by atoms with Crippen molar-refractivity contribution in [1.29, 1.82) is 0 Å². The van der Waals surface area contributed by atoms with Crippen molar-refractivity contribution in [3.63, 3.8) is 0 Å². The summed E-state index contributed by atoms with van der Waals surface area (Å²) in [4.78, 5) is 15.3. The molecule has 2 aromatic carbocycles. The number of para-hydroxylation sites is 1. The zero-order valence-electron chi connectivity index (χ0n) is 15.9. The lowest BCUT2D eigenvalue weighted by atomic mass is 9.81. The van der Waals surface area contributed by atoms with Crippen molar-refractivity contribution in [2.24, 2.45) is 0 Å². The highest BCUT2D eigenvalue weighted by Crippen LogP contribution is 2.37. The number of carbonyl (C=O) groups excluding carboxylic acids is 1. The van der Waals surface area contributed by atoms with E-state index in [0.717, 1.165) is 36.4 Å². The van der Waals surface area contributed by atoms with E-state index in [4.69, 9.17) is 4.74 Å². The summed E-state index contributed by atoms with van der Waals surface area (Å²) in [7, 11) is 0. The summed E-state index contributed by atoms with van der Waals surface area (Å²) in [5.41, 5.74) is 4.57. The minimum absolute atomic E-state index is 0. The quantitative estimate of drug-likeness (QED) is 0.854. The van der Waals surface area contributed by atoms with Gasteiger partial charge in [0.1, 0.15) is 12.4 Å². The van der Waals surface area contributed by atoms with Gasteiger partial charge in [0.2, 0.25) is 0 Å². The van der Waals surface area contributed by atoms with Crippen LogP contribution in [0.25, 0.3) is 0 Å². The van der Waals surface area contributed by atoms with Crippen LogP contribution in [0.2, 0.25) is 0 Å². The zero-order chi connectivity index (χ0) is 18.1. The fourth-order valence-electron chi connectivity index (χ4n) is 4.33. The molecule has 1 N–H and O–H groups in total. The fraction of sp³-hybridized carbons (Fsp3) is 0.409. The Morgan fingerprint density at radius 2 is 1.96 bits per heavy atom. The van der Waals surface area contributed by atoms with Gasteiger partial charge >= 0.3 is 0 Å². The molecule has 144 valence electrons. The molecule has 0 aliphatic carbocycles. The standard InChI is InChI=1S/C22H26N2O2.ClH/c1-3-16-11-15(2)21-18(12-16)19-13-23-14-20(19)24(22(21)25)9-10-26-17-7-5-4-6-8-17;/h4-8,11-12,19-20,23H,3,9-10,13-14H2,1-2H3;1H/t19-,20+;/m0./s1. The largest absolute Gasteiger partial charge is 0.492 e. The van der Waals surface area contributed by atoms with E-state index in [-0.39, 0.29) is 24.4 Å². The third kappa shape index (κ3) is 3.69. The first-order chi connectivity index (χ1) is 12.7. The molecule has 0 bridgehead atoms. The van der Waals surface area contributed by atoms with Crippen molar-refractivity contribution in [3.05, 3.63) is 64.7 Å². The van der Waals surface area contributed by atoms with Crippen LogP contribution in [0.3, 0.4) is 0 Å². The highest BCUT2D eigenvalue weighted by Gasteiger charge is 2.42. The van der Waals surface area contributed by atoms with Gasteiger partial charge in [0.15, 0.2) is 0 Å². The van der Waals surface area contributed by atoms with Gasteiger partial charge in [-0.2, -0.15) is 0 Å². The van der Waals surface area contributed by atoms with Gasteiger partial charge in [-0.1, -0.05) is 37.3 Å². The van der Waals surface area contributed by atoms with E-state index in [1.807, 2.05) is 35.2 Å². The predicted molar refractivity (Wildman–Crippen MR) is 110 cm³/mol. The second-order valence-electron chi connectivity index (χ2n) is 7.22. The number of rotatable bonds is 5. The minimum atomic E-state index is 0. The van der Waals surface area contributed by atoms with Crippen LogP contribution in [0.5, 0.6) is 5.75 Å². The SMILES string of the molecule is CCc1cc(C)c2c(c1)[C@@H]1CNC[C@H]1N(CCOc1ccccc1)C2=O.Cl. The van der Waals surface area contributed by atoms with E-state index in [1.165, 1.54) is 11.1 Å². The van der Waals surface area contributed by atoms with Crippen LogP contribution >= 0.6 is 12.4 Å². The maximum absolute atomic E-state index is 13.3. The first-order valence-electron chi connectivity index (χ1n) is 9.52. The highest BCUT2D eigenvalue weighted by atomic mass is 35.5. The van der Waals surface area contributed by atoms with E-state index in [1.54, 1.807) is 0 Å². The second kappa shape index (κ2) is 8.32. The summed E-state index contributed by atoms with van der Waals surface area (Å²) in [6.07, 6.45) is 1.00. The molecule has 0 aromatic heterocycles. The summed E-state index contributed by atoms with van der Waals surface area (Å²) < 4.78 is 5.85. The summed E-state index contributed by atoms with van der Waals surface area (Å²) in [6, 6.07) is 14.4. The predicted octanol–water partition coefficient (Wildman–Crippen LogP) is 3.57. The molecular weight excluding hydrogens is 360 g/mol. The number of ether oxygens (including phenoxy) is 1. The van der Waals surface area contributed by atoms with Crippen molar-refractivity contribution in [3.8, 4) is 5.75 Å². The van der Waals surface area contributed by atoms with Crippen LogP contribution in [-0.2, 0) is 6.42 Å². The van der Waals surface area contributed by atoms with Crippen LogP contribution in [0.1, 0.15) is 39.9 Å². The number of aryl methyl sites for hydroxylation is 2. The molecule has 1 fully saturated rings. The monoisotopic (exact) mass is 386 g/mol. The molecule has 4 rings (SSSR count). The Balaban J connectivity index is 0.00000210.